The van der Waals surface area contributed by atoms with Gasteiger partial charge in [0.1, 0.15) is 0 Å². The molecule has 0 spiro atoms. The van der Waals surface area contributed by atoms with Crippen LogP contribution >= 0.6 is 0 Å². The van der Waals surface area contributed by atoms with Gasteiger partial charge in [0.15, 0.2) is 0 Å². The van der Waals surface area contributed by atoms with E-state index in [1.807, 2.05) is 19.0 Å². The molecule has 0 saturated heterocycles. The number of methoxy groups -OCH3 is 1. The minimum absolute atomic E-state index is 0.0727. The van der Waals surface area contributed by atoms with Gasteiger partial charge in [-0.25, -0.2) is 0 Å². The van der Waals surface area contributed by atoms with Crippen molar-refractivity contribution in [3.05, 3.63) is 39.7 Å². The Morgan fingerprint density at radius 2 is 1.89 bits per heavy atom. The molecule has 36 heavy (non-hydrogen) atoms. The summed E-state index contributed by atoms with van der Waals surface area (Å²) in [5.74, 6) is -4.50. The zero-order chi connectivity index (χ0) is 26.9. The summed E-state index contributed by atoms with van der Waals surface area (Å²) in [6.45, 7) is 0.0727. The molecule has 0 heterocycles. The van der Waals surface area contributed by atoms with E-state index in [0.717, 1.165) is 5.69 Å². The Balaban J connectivity index is 1.98. The molecule has 1 fully saturated rings. The number of likely N-dealkylation sites (N-methyl/N-ethyl adjacent to an activating group) is 1. The standard InChI is InChI=1S/C25H31BN3O7/c1-28(2)14-8-11(9-36-5)19(30)16-12(14)6-10-7-13-18(29(3)4)21(32)17(24(27)34)22(26)25(13,35)23(33)15(10)20(16)31/h8,10,13,18,30-32,35H,6-7,9H2,1-5H3,(H2,27,34)/t10-,13-,18-,25+/m0/s1. The fourth-order valence-corrected chi connectivity index (χ4v) is 6.11. The van der Waals surface area contributed by atoms with Crippen LogP contribution in [0.3, 0.4) is 0 Å². The van der Waals surface area contributed by atoms with Gasteiger partial charge in [0.2, 0.25) is 0 Å². The van der Waals surface area contributed by atoms with Gasteiger partial charge >= 0.3 is 210 Å². The summed E-state index contributed by atoms with van der Waals surface area (Å²) < 4.78 is 5.20. The number of ketones is 1. The molecule has 3 aliphatic rings. The average Bonchev–Trinajstić information content (AvgIpc) is 2.77. The van der Waals surface area contributed by atoms with Gasteiger partial charge in [-0.05, 0) is 0 Å². The van der Waals surface area contributed by atoms with Crippen LogP contribution in [0.4, 0.5) is 5.69 Å². The fourth-order valence-electron chi connectivity index (χ4n) is 6.11. The summed E-state index contributed by atoms with van der Waals surface area (Å²) in [5, 5.41) is 45.2. The number of amides is 1. The van der Waals surface area contributed by atoms with Gasteiger partial charge in [0.25, 0.3) is 0 Å². The van der Waals surface area contributed by atoms with Crippen molar-refractivity contribution in [2.24, 2.45) is 17.6 Å². The number of hydrogen-bond donors (Lipinski definition) is 5. The molecule has 0 bridgehead atoms. The van der Waals surface area contributed by atoms with Crippen LogP contribution in [0, 0.1) is 11.8 Å². The minimum atomic E-state index is -2.40. The maximum atomic E-state index is 14.0. The van der Waals surface area contributed by atoms with Crippen molar-refractivity contribution in [1.82, 2.24) is 4.90 Å². The van der Waals surface area contributed by atoms with Crippen molar-refractivity contribution >= 4 is 36.1 Å². The summed E-state index contributed by atoms with van der Waals surface area (Å²) >= 11 is 0. The summed E-state index contributed by atoms with van der Waals surface area (Å²) in [5.41, 5.74) is 3.84. The fraction of sp³-hybridized carbons (Fsp3) is 0.480. The molecule has 4 atom stereocenters. The van der Waals surface area contributed by atoms with Crippen molar-refractivity contribution in [1.29, 1.82) is 0 Å². The second-order valence-electron chi connectivity index (χ2n) is 10.1. The van der Waals surface area contributed by atoms with Crippen LogP contribution in [0.25, 0.3) is 5.76 Å². The number of primary amides is 1. The number of nitrogens with two attached hydrogens (primary N) is 1. The van der Waals surface area contributed by atoms with E-state index in [4.69, 9.17) is 18.0 Å². The summed E-state index contributed by atoms with van der Waals surface area (Å²) in [6, 6.07) is 0.851. The Labute approximate surface area is 210 Å². The first-order valence-electron chi connectivity index (χ1n) is 11.6. The molecule has 1 aromatic rings. The number of Topliss-reactive ketones (excluding diaryl/α,β-unsaturated/α-hetero) is 1. The van der Waals surface area contributed by atoms with E-state index >= 15 is 0 Å². The van der Waals surface area contributed by atoms with Crippen LogP contribution in [-0.4, -0.2) is 96.9 Å². The predicted molar refractivity (Wildman–Crippen MR) is 135 cm³/mol. The molecule has 3 aliphatic carbocycles. The first-order valence-corrected chi connectivity index (χ1v) is 11.6. The summed E-state index contributed by atoms with van der Waals surface area (Å²) in [4.78, 5) is 29.6. The Morgan fingerprint density at radius 1 is 1.25 bits per heavy atom. The Morgan fingerprint density at radius 3 is 2.42 bits per heavy atom. The number of aromatic hydroxyl groups is 1. The van der Waals surface area contributed by atoms with E-state index in [1.165, 1.54) is 7.11 Å². The van der Waals surface area contributed by atoms with Crippen LogP contribution in [0.5, 0.6) is 5.75 Å². The zero-order valence-electron chi connectivity index (χ0n) is 21.0. The van der Waals surface area contributed by atoms with Crippen molar-refractivity contribution in [2.45, 2.75) is 31.1 Å². The van der Waals surface area contributed by atoms with Gasteiger partial charge < -0.3 is 0 Å². The number of rotatable bonds is 5. The maximum absolute atomic E-state index is 14.0. The number of carbonyl (C=O) groups is 2. The summed E-state index contributed by atoms with van der Waals surface area (Å²) in [6.07, 6.45) is 0.447. The normalized spacial score (nSPS) is 27.7. The van der Waals surface area contributed by atoms with Gasteiger partial charge in [0, 0.05) is 0 Å². The molecule has 6 N–H and O–H groups in total. The van der Waals surface area contributed by atoms with Crippen LogP contribution in [0.2, 0.25) is 0 Å². The second kappa shape index (κ2) is 8.76. The van der Waals surface area contributed by atoms with Crippen molar-refractivity contribution in [3.8, 4) is 5.75 Å². The second-order valence-corrected chi connectivity index (χ2v) is 10.1. The van der Waals surface area contributed by atoms with E-state index in [9.17, 15) is 30.0 Å². The van der Waals surface area contributed by atoms with Crippen molar-refractivity contribution in [3.63, 3.8) is 0 Å². The number of fused-ring (bicyclic) bond motifs is 3. The van der Waals surface area contributed by atoms with Crippen molar-refractivity contribution < 1.29 is 34.8 Å². The Hall–Kier alpha value is -3.15. The third-order valence-corrected chi connectivity index (χ3v) is 7.66. The monoisotopic (exact) mass is 496 g/mol. The van der Waals surface area contributed by atoms with Crippen LogP contribution < -0.4 is 10.6 Å². The molecule has 1 saturated carbocycles. The van der Waals surface area contributed by atoms with E-state index in [-0.39, 0.29) is 36.3 Å². The third-order valence-electron chi connectivity index (χ3n) is 7.66. The number of hydrogen-bond acceptors (Lipinski definition) is 9. The van der Waals surface area contributed by atoms with Gasteiger partial charge in [-0.15, -0.1) is 0 Å². The molecule has 1 amide bonds. The third kappa shape index (κ3) is 3.41. The quantitative estimate of drug-likeness (QED) is 0.353. The SMILES string of the molecule is [B]=C1C(C(N)=O)=C(O)[C@@H](N(C)C)[C@@H]2C[C@@H]3Cc4c(N(C)C)cc(COC)c(O)c4C(O)=C3C(=O)[C@]12O. The molecular weight excluding hydrogens is 465 g/mol. The molecule has 1 radical (unpaired) electrons. The Bertz CT molecular complexity index is 1250. The molecule has 1 aromatic carbocycles. The number of benzene rings is 1. The van der Waals surface area contributed by atoms with E-state index < -0.39 is 57.7 Å². The topological polar surface area (TPSA) is 157 Å². The van der Waals surface area contributed by atoms with Crippen LogP contribution in [0.1, 0.15) is 23.1 Å². The molecular formula is C25H31BN3O7. The molecule has 0 unspecified atom stereocenters. The summed E-state index contributed by atoms with van der Waals surface area (Å²) in [7, 11) is 14.6. The van der Waals surface area contributed by atoms with Crippen molar-refractivity contribution in [2.75, 3.05) is 40.2 Å². The van der Waals surface area contributed by atoms with Crippen LogP contribution in [-0.2, 0) is 27.4 Å². The number of phenols is 1. The molecule has 0 aliphatic heterocycles. The van der Waals surface area contributed by atoms with E-state index in [1.54, 1.807) is 25.1 Å². The first-order chi connectivity index (χ1) is 16.8. The number of carbonyl (C=O) groups excluding carboxylic acids is 2. The van der Waals surface area contributed by atoms with Gasteiger partial charge in [-0.2, -0.15) is 0 Å². The van der Waals surface area contributed by atoms with Gasteiger partial charge in [-0.3, -0.25) is 0 Å². The molecule has 4 rings (SSSR count). The number of ether oxygens (including phenoxy) is 1. The number of aliphatic hydroxyl groups excluding tert-OH is 2. The number of phenolic OH excluding ortho intramolecular Hbond substituents is 1. The van der Waals surface area contributed by atoms with Crippen LogP contribution in [0.15, 0.2) is 23.0 Å². The predicted octanol–water partition coefficient (Wildman–Crippen LogP) is -0.0518. The molecule has 191 valence electrons. The van der Waals surface area contributed by atoms with Gasteiger partial charge in [0.05, 0.1) is 0 Å². The number of nitrogens with zero attached hydrogens (tertiary/aromatic N) is 2. The number of anilines is 1. The Kier molecular flexibility index (Phi) is 6.31. The van der Waals surface area contributed by atoms with E-state index in [0.29, 0.717) is 11.1 Å². The zero-order valence-corrected chi connectivity index (χ0v) is 21.0. The first kappa shape index (κ1) is 25.9. The molecule has 11 heteroatoms. The average molecular weight is 496 g/mol. The van der Waals surface area contributed by atoms with E-state index in [2.05, 4.69) is 0 Å². The molecule has 10 nitrogen and oxygen atoms in total. The number of aliphatic hydroxyl groups is 3. The molecule has 0 aromatic heterocycles. The van der Waals surface area contributed by atoms with Gasteiger partial charge in [-0.1, -0.05) is 0 Å².